The van der Waals surface area contributed by atoms with Crippen molar-refractivity contribution in [3.63, 3.8) is 0 Å². The summed E-state index contributed by atoms with van der Waals surface area (Å²) in [5.41, 5.74) is 3.90. The topological polar surface area (TPSA) is 30.5 Å². The van der Waals surface area contributed by atoms with E-state index in [-0.39, 0.29) is 0 Å². The van der Waals surface area contributed by atoms with Crippen LogP contribution in [0.15, 0.2) is 6.07 Å². The molecule has 1 aromatic rings. The van der Waals surface area contributed by atoms with Crippen molar-refractivity contribution in [2.24, 2.45) is 0 Å². The van der Waals surface area contributed by atoms with E-state index in [1.54, 1.807) is 14.2 Å². The van der Waals surface area contributed by atoms with Crippen molar-refractivity contribution in [1.29, 1.82) is 0 Å². The molecule has 18 heavy (non-hydrogen) atoms. The molecule has 1 aromatic carbocycles. The van der Waals surface area contributed by atoms with Gasteiger partial charge in [-0.3, -0.25) is 0 Å². The Hall–Kier alpha value is -1.22. The van der Waals surface area contributed by atoms with Crippen LogP contribution in [-0.4, -0.2) is 26.8 Å². The highest BCUT2D eigenvalue weighted by molar-refractivity contribution is 5.53. The Labute approximate surface area is 109 Å². The van der Waals surface area contributed by atoms with Crippen molar-refractivity contribution in [2.75, 3.05) is 20.8 Å². The Balaban J connectivity index is 2.33. The van der Waals surface area contributed by atoms with Gasteiger partial charge in [-0.2, -0.15) is 0 Å². The van der Waals surface area contributed by atoms with Crippen molar-refractivity contribution < 1.29 is 9.47 Å². The van der Waals surface area contributed by atoms with Gasteiger partial charge >= 0.3 is 0 Å². The zero-order valence-corrected chi connectivity index (χ0v) is 11.8. The molecule has 3 heteroatoms. The molecular formula is C15H23NO2. The zero-order chi connectivity index (χ0) is 13.1. The second-order valence-electron chi connectivity index (χ2n) is 5.03. The first-order valence-electron chi connectivity index (χ1n) is 6.61. The predicted molar refractivity (Wildman–Crippen MR) is 73.7 cm³/mol. The summed E-state index contributed by atoms with van der Waals surface area (Å²) in [7, 11) is 3.40. The third-order valence-corrected chi connectivity index (χ3v) is 3.88. The highest BCUT2D eigenvalue weighted by Gasteiger charge is 2.20. The van der Waals surface area contributed by atoms with Crippen LogP contribution in [0, 0.1) is 13.8 Å². The van der Waals surface area contributed by atoms with E-state index in [9.17, 15) is 0 Å². The van der Waals surface area contributed by atoms with Crippen LogP contribution in [0.3, 0.4) is 0 Å². The molecule has 1 heterocycles. The molecule has 0 bridgehead atoms. The Morgan fingerprint density at radius 1 is 1.28 bits per heavy atom. The molecule has 1 fully saturated rings. The normalized spacial score (nSPS) is 19.0. The molecular weight excluding hydrogens is 226 g/mol. The molecule has 3 nitrogen and oxygen atoms in total. The maximum atomic E-state index is 5.48. The lowest BCUT2D eigenvalue weighted by Gasteiger charge is -2.19. The summed E-state index contributed by atoms with van der Waals surface area (Å²) in [6.07, 6.45) is 3.64. The van der Waals surface area contributed by atoms with E-state index in [0.717, 1.165) is 24.5 Å². The second-order valence-corrected chi connectivity index (χ2v) is 5.03. The number of ether oxygens (including phenoxy) is 2. The molecule has 1 saturated heterocycles. The Bertz CT molecular complexity index is 423. The second kappa shape index (κ2) is 5.61. The highest BCUT2D eigenvalue weighted by Crippen LogP contribution is 2.36. The van der Waals surface area contributed by atoms with Gasteiger partial charge in [0.15, 0.2) is 11.5 Å². The minimum Gasteiger partial charge on any atom is -0.493 e. The maximum absolute atomic E-state index is 5.48. The number of nitrogens with one attached hydrogen (secondary N) is 1. The van der Waals surface area contributed by atoms with Crippen LogP contribution in [0.1, 0.15) is 29.5 Å². The largest absolute Gasteiger partial charge is 0.493 e. The van der Waals surface area contributed by atoms with Gasteiger partial charge in [0, 0.05) is 6.04 Å². The molecule has 0 saturated carbocycles. The fraction of sp³-hybridized carbons (Fsp3) is 0.600. The monoisotopic (exact) mass is 249 g/mol. The van der Waals surface area contributed by atoms with Gasteiger partial charge in [0.1, 0.15) is 0 Å². The molecule has 0 radical (unpaired) electrons. The number of hydrogen-bond donors (Lipinski definition) is 1. The van der Waals surface area contributed by atoms with Crippen molar-refractivity contribution in [3.05, 3.63) is 22.8 Å². The standard InChI is InChI=1S/C15H23NO2/c1-10-8-14(17-3)15(18-4)11(2)13(10)9-12-6-5-7-16-12/h8,12,16H,5-7,9H2,1-4H3. The molecule has 2 rings (SSSR count). The van der Waals surface area contributed by atoms with Gasteiger partial charge in [-0.25, -0.2) is 0 Å². The summed E-state index contributed by atoms with van der Waals surface area (Å²) in [6.45, 7) is 5.42. The van der Waals surface area contributed by atoms with Crippen LogP contribution in [0.5, 0.6) is 11.5 Å². The van der Waals surface area contributed by atoms with E-state index >= 15 is 0 Å². The van der Waals surface area contributed by atoms with Crippen LogP contribution < -0.4 is 14.8 Å². The zero-order valence-electron chi connectivity index (χ0n) is 11.8. The Morgan fingerprint density at radius 2 is 2.06 bits per heavy atom. The van der Waals surface area contributed by atoms with Gasteiger partial charge in [-0.1, -0.05) is 0 Å². The minimum absolute atomic E-state index is 0.612. The average molecular weight is 249 g/mol. The van der Waals surface area contributed by atoms with Crippen molar-refractivity contribution in [2.45, 2.75) is 39.2 Å². The van der Waals surface area contributed by atoms with Gasteiger partial charge in [-0.05, 0) is 62.4 Å². The molecule has 0 aromatic heterocycles. The molecule has 0 aliphatic carbocycles. The summed E-state index contributed by atoms with van der Waals surface area (Å²) >= 11 is 0. The lowest BCUT2D eigenvalue weighted by molar-refractivity contribution is 0.352. The predicted octanol–water partition coefficient (Wildman–Crippen LogP) is 2.62. The smallest absolute Gasteiger partial charge is 0.163 e. The summed E-state index contributed by atoms with van der Waals surface area (Å²) in [4.78, 5) is 0. The van der Waals surface area contributed by atoms with Crippen molar-refractivity contribution in [3.8, 4) is 11.5 Å². The molecule has 0 spiro atoms. The van der Waals surface area contributed by atoms with Crippen LogP contribution in [0.25, 0.3) is 0 Å². The lowest BCUT2D eigenvalue weighted by atomic mass is 9.94. The summed E-state index contributed by atoms with van der Waals surface area (Å²) in [5, 5.41) is 3.55. The number of aryl methyl sites for hydroxylation is 1. The Morgan fingerprint density at radius 3 is 2.61 bits per heavy atom. The van der Waals surface area contributed by atoms with Gasteiger partial charge in [0.25, 0.3) is 0 Å². The third kappa shape index (κ3) is 2.46. The highest BCUT2D eigenvalue weighted by atomic mass is 16.5. The summed E-state index contributed by atoms with van der Waals surface area (Å²) < 4.78 is 10.9. The van der Waals surface area contributed by atoms with Crippen molar-refractivity contribution in [1.82, 2.24) is 5.32 Å². The van der Waals surface area contributed by atoms with E-state index in [1.807, 2.05) is 0 Å². The number of rotatable bonds is 4. The molecule has 0 amide bonds. The van der Waals surface area contributed by atoms with E-state index < -0.39 is 0 Å². The SMILES string of the molecule is COc1cc(C)c(CC2CCCN2)c(C)c1OC. The number of methoxy groups -OCH3 is 2. The van der Waals surface area contributed by atoms with Crippen LogP contribution in [0.2, 0.25) is 0 Å². The molecule has 1 N–H and O–H groups in total. The summed E-state index contributed by atoms with van der Waals surface area (Å²) in [6, 6.07) is 2.69. The first-order chi connectivity index (χ1) is 8.67. The number of benzene rings is 1. The Kier molecular flexibility index (Phi) is 4.12. The van der Waals surface area contributed by atoms with E-state index in [2.05, 4.69) is 25.2 Å². The minimum atomic E-state index is 0.612. The first-order valence-corrected chi connectivity index (χ1v) is 6.61. The average Bonchev–Trinajstić information content (AvgIpc) is 2.86. The molecule has 1 aliphatic heterocycles. The van der Waals surface area contributed by atoms with E-state index in [1.165, 1.54) is 29.5 Å². The third-order valence-electron chi connectivity index (χ3n) is 3.88. The van der Waals surface area contributed by atoms with Crippen LogP contribution in [0.4, 0.5) is 0 Å². The number of hydrogen-bond acceptors (Lipinski definition) is 3. The van der Waals surface area contributed by atoms with Crippen LogP contribution >= 0.6 is 0 Å². The molecule has 1 unspecified atom stereocenters. The molecule has 1 aliphatic rings. The maximum Gasteiger partial charge on any atom is 0.163 e. The lowest BCUT2D eigenvalue weighted by Crippen LogP contribution is -2.24. The first kappa shape index (κ1) is 13.2. The fourth-order valence-corrected chi connectivity index (χ4v) is 2.86. The van der Waals surface area contributed by atoms with Gasteiger partial charge in [-0.15, -0.1) is 0 Å². The molecule has 100 valence electrons. The fourth-order valence-electron chi connectivity index (χ4n) is 2.86. The van der Waals surface area contributed by atoms with Gasteiger partial charge in [0.05, 0.1) is 14.2 Å². The quantitative estimate of drug-likeness (QED) is 0.889. The van der Waals surface area contributed by atoms with Gasteiger partial charge < -0.3 is 14.8 Å². The van der Waals surface area contributed by atoms with Crippen LogP contribution in [-0.2, 0) is 6.42 Å². The molecule has 1 atom stereocenters. The van der Waals surface area contributed by atoms with Gasteiger partial charge in [0.2, 0.25) is 0 Å². The van der Waals surface area contributed by atoms with E-state index in [4.69, 9.17) is 9.47 Å². The summed E-state index contributed by atoms with van der Waals surface area (Å²) in [5.74, 6) is 1.70. The van der Waals surface area contributed by atoms with E-state index in [0.29, 0.717) is 6.04 Å². The van der Waals surface area contributed by atoms with Crippen molar-refractivity contribution >= 4 is 0 Å².